The molecule has 1 aliphatic heterocycles. The minimum atomic E-state index is -0.201. The molecule has 0 radical (unpaired) electrons. The van der Waals surface area contributed by atoms with Crippen LogP contribution in [-0.2, 0) is 6.42 Å². The van der Waals surface area contributed by atoms with Crippen molar-refractivity contribution in [1.29, 1.82) is 0 Å². The van der Waals surface area contributed by atoms with Crippen LogP contribution in [0, 0.1) is 6.92 Å². The average molecular weight is 268 g/mol. The van der Waals surface area contributed by atoms with Gasteiger partial charge in [0, 0.05) is 17.6 Å². The van der Waals surface area contributed by atoms with Gasteiger partial charge >= 0.3 is 0 Å². The smallest absolute Gasteiger partial charge is 0.254 e. The summed E-state index contributed by atoms with van der Waals surface area (Å²) in [7, 11) is 0. The summed E-state index contributed by atoms with van der Waals surface area (Å²) in [6.07, 6.45) is 0.686. The highest BCUT2D eigenvalue weighted by molar-refractivity contribution is 6.33. The molecule has 1 aliphatic rings. The molecule has 2 rings (SSSR count). The van der Waals surface area contributed by atoms with Crippen molar-refractivity contribution in [2.75, 3.05) is 6.54 Å². The summed E-state index contributed by atoms with van der Waals surface area (Å²) in [6, 6.07) is 1.73. The van der Waals surface area contributed by atoms with Crippen LogP contribution < -0.4 is 0 Å². The molecule has 3 nitrogen and oxygen atoms in total. The van der Waals surface area contributed by atoms with Crippen LogP contribution in [0.3, 0.4) is 0 Å². The Morgan fingerprint density at radius 2 is 2.00 bits per heavy atom. The molecule has 0 aliphatic carbocycles. The molecule has 0 saturated carbocycles. The Kier molecular flexibility index (Phi) is 3.06. The maximum Gasteiger partial charge on any atom is 0.254 e. The molecule has 0 bridgehead atoms. The predicted molar refractivity (Wildman–Crippen MR) is 72.3 cm³/mol. The Morgan fingerprint density at radius 3 is 2.56 bits per heavy atom. The first kappa shape index (κ1) is 13.2. The molecule has 0 fully saturated rings. The third kappa shape index (κ3) is 1.97. The van der Waals surface area contributed by atoms with Crippen LogP contribution in [-0.4, -0.2) is 28.0 Å². The molecule has 0 unspecified atom stereocenters. The number of carbonyl (C=O) groups is 1. The zero-order chi connectivity index (χ0) is 13.7. The number of halogens is 1. The van der Waals surface area contributed by atoms with Crippen LogP contribution in [0.25, 0.3) is 0 Å². The van der Waals surface area contributed by atoms with Crippen molar-refractivity contribution in [3.05, 3.63) is 27.8 Å². The molecule has 98 valence electrons. The van der Waals surface area contributed by atoms with Crippen molar-refractivity contribution in [1.82, 2.24) is 4.90 Å². The summed E-state index contributed by atoms with van der Waals surface area (Å²) < 4.78 is 0. The average Bonchev–Trinajstić information content (AvgIpc) is 2.26. The Morgan fingerprint density at radius 1 is 1.39 bits per heavy atom. The summed E-state index contributed by atoms with van der Waals surface area (Å²) in [6.45, 7) is 8.45. The molecule has 0 atom stereocenters. The number of benzene rings is 1. The highest BCUT2D eigenvalue weighted by atomic mass is 35.5. The number of hydrogen-bond donors (Lipinski definition) is 1. The van der Waals surface area contributed by atoms with Gasteiger partial charge in [-0.3, -0.25) is 4.79 Å². The summed E-state index contributed by atoms with van der Waals surface area (Å²) in [5, 5.41) is 10.1. The number of amides is 1. The fraction of sp³-hybridized carbons (Fsp3) is 0.500. The first-order valence-corrected chi connectivity index (χ1v) is 6.44. The van der Waals surface area contributed by atoms with E-state index < -0.39 is 0 Å². The van der Waals surface area contributed by atoms with Crippen molar-refractivity contribution in [2.24, 2.45) is 0 Å². The highest BCUT2D eigenvalue weighted by Crippen LogP contribution is 2.37. The van der Waals surface area contributed by atoms with Gasteiger partial charge in [0.05, 0.1) is 5.02 Å². The summed E-state index contributed by atoms with van der Waals surface area (Å²) >= 11 is 6.12. The van der Waals surface area contributed by atoms with Crippen molar-refractivity contribution < 1.29 is 9.90 Å². The highest BCUT2D eigenvalue weighted by Gasteiger charge is 2.33. The maximum atomic E-state index is 12.5. The van der Waals surface area contributed by atoms with Crippen molar-refractivity contribution in [3.8, 4) is 5.75 Å². The second kappa shape index (κ2) is 4.16. The molecule has 1 amide bonds. The lowest BCUT2D eigenvalue weighted by Gasteiger charge is -2.39. The standard InChI is InChI=1S/C14H18ClNO2/c1-8-7-10-9(11(15)12(8)17)5-6-16(13(10)18)14(2,3)4/h7,17H,5-6H2,1-4H3. The lowest BCUT2D eigenvalue weighted by Crippen LogP contribution is -2.49. The molecule has 0 aromatic heterocycles. The first-order valence-electron chi connectivity index (χ1n) is 6.06. The van der Waals surface area contributed by atoms with Gasteiger partial charge in [0.1, 0.15) is 5.75 Å². The Bertz CT molecular complexity index is 518. The normalized spacial score (nSPS) is 15.8. The number of phenols is 1. The molecule has 1 N–H and O–H groups in total. The molecular formula is C14H18ClNO2. The van der Waals surface area contributed by atoms with E-state index in [-0.39, 0.29) is 17.2 Å². The van der Waals surface area contributed by atoms with E-state index in [9.17, 15) is 9.90 Å². The van der Waals surface area contributed by atoms with Gasteiger partial charge in [-0.15, -0.1) is 0 Å². The number of hydrogen-bond acceptors (Lipinski definition) is 2. The number of phenolic OH excluding ortho intramolecular Hbond substituents is 1. The van der Waals surface area contributed by atoms with Crippen LogP contribution in [0.2, 0.25) is 5.02 Å². The van der Waals surface area contributed by atoms with Crippen LogP contribution in [0.4, 0.5) is 0 Å². The van der Waals surface area contributed by atoms with E-state index in [0.717, 1.165) is 5.56 Å². The van der Waals surface area contributed by atoms with Gasteiger partial charge < -0.3 is 10.0 Å². The SMILES string of the molecule is Cc1cc2c(c(Cl)c1O)CCN(C(C)(C)C)C2=O. The number of nitrogens with zero attached hydrogens (tertiary/aromatic N) is 1. The fourth-order valence-electron chi connectivity index (χ4n) is 2.35. The lowest BCUT2D eigenvalue weighted by atomic mass is 9.92. The zero-order valence-corrected chi connectivity index (χ0v) is 11.9. The summed E-state index contributed by atoms with van der Waals surface area (Å²) in [5.74, 6) is 0.0844. The van der Waals surface area contributed by atoms with E-state index in [2.05, 4.69) is 0 Å². The van der Waals surface area contributed by atoms with E-state index in [1.165, 1.54) is 0 Å². The molecule has 1 aromatic rings. The van der Waals surface area contributed by atoms with Gasteiger partial charge in [0.25, 0.3) is 5.91 Å². The van der Waals surface area contributed by atoms with Crippen LogP contribution >= 0.6 is 11.6 Å². The van der Waals surface area contributed by atoms with E-state index in [4.69, 9.17) is 11.6 Å². The van der Waals surface area contributed by atoms with Crippen LogP contribution in [0.5, 0.6) is 5.75 Å². The molecule has 1 aromatic carbocycles. The van der Waals surface area contributed by atoms with E-state index in [1.54, 1.807) is 13.0 Å². The van der Waals surface area contributed by atoms with Gasteiger partial charge in [-0.2, -0.15) is 0 Å². The molecule has 18 heavy (non-hydrogen) atoms. The number of aromatic hydroxyl groups is 1. The molecule has 0 spiro atoms. The molecule has 1 heterocycles. The number of fused-ring (bicyclic) bond motifs is 1. The van der Waals surface area contributed by atoms with E-state index >= 15 is 0 Å². The quantitative estimate of drug-likeness (QED) is 0.784. The maximum absolute atomic E-state index is 12.5. The monoisotopic (exact) mass is 267 g/mol. The Labute approximate surface area is 112 Å². The van der Waals surface area contributed by atoms with Crippen LogP contribution in [0.1, 0.15) is 42.3 Å². The summed E-state index contributed by atoms with van der Waals surface area (Å²) in [4.78, 5) is 14.3. The first-order chi connectivity index (χ1) is 8.23. The zero-order valence-electron chi connectivity index (χ0n) is 11.2. The largest absolute Gasteiger partial charge is 0.506 e. The molecule has 0 saturated heterocycles. The summed E-state index contributed by atoms with van der Waals surface area (Å²) in [5.41, 5.74) is 1.83. The van der Waals surface area contributed by atoms with Gasteiger partial charge in [0.2, 0.25) is 0 Å². The second-order valence-electron chi connectivity index (χ2n) is 5.76. The second-order valence-corrected chi connectivity index (χ2v) is 6.14. The number of carbonyl (C=O) groups excluding carboxylic acids is 1. The fourth-order valence-corrected chi connectivity index (χ4v) is 2.70. The third-order valence-corrected chi connectivity index (χ3v) is 3.81. The third-order valence-electron chi connectivity index (χ3n) is 3.40. The number of aryl methyl sites for hydroxylation is 1. The molecule has 4 heteroatoms. The Balaban J connectivity index is 2.55. The van der Waals surface area contributed by atoms with Gasteiger partial charge in [-0.1, -0.05) is 11.6 Å². The minimum Gasteiger partial charge on any atom is -0.506 e. The van der Waals surface area contributed by atoms with Crippen molar-refractivity contribution >= 4 is 17.5 Å². The van der Waals surface area contributed by atoms with E-state index in [1.807, 2.05) is 25.7 Å². The van der Waals surface area contributed by atoms with Gasteiger partial charge in [-0.05, 0) is 51.3 Å². The topological polar surface area (TPSA) is 40.5 Å². The predicted octanol–water partition coefficient (Wildman–Crippen LogP) is 3.15. The van der Waals surface area contributed by atoms with E-state index in [0.29, 0.717) is 29.1 Å². The van der Waals surface area contributed by atoms with Crippen LogP contribution in [0.15, 0.2) is 6.07 Å². The van der Waals surface area contributed by atoms with Gasteiger partial charge in [0.15, 0.2) is 0 Å². The lowest BCUT2D eigenvalue weighted by molar-refractivity contribution is 0.0562. The van der Waals surface area contributed by atoms with Crippen molar-refractivity contribution in [2.45, 2.75) is 39.7 Å². The number of rotatable bonds is 0. The Hall–Kier alpha value is -1.22. The van der Waals surface area contributed by atoms with Gasteiger partial charge in [-0.25, -0.2) is 0 Å². The minimum absolute atomic E-state index is 0.00579. The molecular weight excluding hydrogens is 250 g/mol. The van der Waals surface area contributed by atoms with Crippen molar-refractivity contribution in [3.63, 3.8) is 0 Å².